The van der Waals surface area contributed by atoms with E-state index in [1.807, 2.05) is 36.4 Å². The van der Waals surface area contributed by atoms with Gasteiger partial charge in [0.2, 0.25) is 0 Å². The fraction of sp³-hybridized carbons (Fsp3) is 0.0357. The van der Waals surface area contributed by atoms with E-state index in [0.29, 0.717) is 33.9 Å². The Hall–Kier alpha value is -5.11. The molecule has 0 saturated heterocycles. The Morgan fingerprint density at radius 1 is 0.806 bits per heavy atom. The summed E-state index contributed by atoms with van der Waals surface area (Å²) in [5.41, 5.74) is 13.0. The number of fused-ring (bicyclic) bond motifs is 6. The molecular weight excluding hydrogens is 458 g/mol. The lowest BCUT2D eigenvalue weighted by Gasteiger charge is -2.36. The van der Waals surface area contributed by atoms with Crippen molar-refractivity contribution in [2.75, 3.05) is 0 Å². The zero-order valence-electron chi connectivity index (χ0n) is 18.8. The third-order valence-electron chi connectivity index (χ3n) is 6.16. The van der Waals surface area contributed by atoms with Crippen LogP contribution in [-0.2, 0) is 10.3 Å². The molecule has 0 bridgehead atoms. The largest absolute Gasteiger partial charge is 0.456 e. The Morgan fingerprint density at radius 3 is 2.28 bits per heavy atom. The average Bonchev–Trinajstić information content (AvgIpc) is 3.17. The van der Waals surface area contributed by atoms with E-state index in [2.05, 4.69) is 4.99 Å². The second kappa shape index (κ2) is 7.99. The molecule has 4 N–H and O–H groups in total. The van der Waals surface area contributed by atoms with Gasteiger partial charge in [-0.1, -0.05) is 36.4 Å². The minimum Gasteiger partial charge on any atom is -0.456 e. The molecule has 36 heavy (non-hydrogen) atoms. The van der Waals surface area contributed by atoms with Gasteiger partial charge in [-0.25, -0.2) is 14.6 Å². The van der Waals surface area contributed by atoms with Gasteiger partial charge in [-0.3, -0.25) is 0 Å². The first-order chi connectivity index (χ1) is 17.5. The number of guanidine groups is 1. The highest BCUT2D eigenvalue weighted by Gasteiger charge is 2.53. The number of aliphatic imine (C=N–C) groups is 1. The maximum Gasteiger partial charge on any atom is 0.343 e. The van der Waals surface area contributed by atoms with Crippen molar-refractivity contribution < 1.29 is 23.8 Å². The lowest BCUT2D eigenvalue weighted by Crippen LogP contribution is -2.32. The highest BCUT2D eigenvalue weighted by Crippen LogP contribution is 2.56. The zero-order valence-corrected chi connectivity index (χ0v) is 18.8. The summed E-state index contributed by atoms with van der Waals surface area (Å²) in [6.07, 6.45) is 0. The molecule has 1 spiro atoms. The number of carbonyl (C=O) groups is 2. The number of carbonyl (C=O) groups excluding carboxylic acids is 2. The molecule has 0 saturated carbocycles. The predicted octanol–water partition coefficient (Wildman–Crippen LogP) is 4.38. The first-order valence-corrected chi connectivity index (χ1v) is 11.1. The van der Waals surface area contributed by atoms with Crippen LogP contribution in [0.4, 0.5) is 5.69 Å². The van der Waals surface area contributed by atoms with Crippen molar-refractivity contribution in [2.45, 2.75) is 5.60 Å². The summed E-state index contributed by atoms with van der Waals surface area (Å²) in [7, 11) is 0. The van der Waals surface area contributed by atoms with Gasteiger partial charge in [-0.2, -0.15) is 0 Å². The molecule has 176 valence electrons. The second-order valence-corrected chi connectivity index (χ2v) is 8.35. The number of hydrogen-bond acceptors (Lipinski definition) is 6. The minimum absolute atomic E-state index is 0.0747. The Labute approximate surface area is 205 Å². The summed E-state index contributed by atoms with van der Waals surface area (Å²) >= 11 is 0. The number of benzene rings is 4. The molecule has 4 aromatic rings. The third-order valence-corrected chi connectivity index (χ3v) is 6.16. The molecule has 0 aromatic heterocycles. The minimum atomic E-state index is -1.17. The normalized spacial score (nSPS) is 16.7. The fourth-order valence-electron chi connectivity index (χ4n) is 4.66. The topological polar surface area (TPSA) is 126 Å². The first-order valence-electron chi connectivity index (χ1n) is 11.1. The van der Waals surface area contributed by atoms with E-state index < -0.39 is 17.5 Å². The molecule has 1 atom stereocenters. The third kappa shape index (κ3) is 3.27. The van der Waals surface area contributed by atoms with Crippen molar-refractivity contribution in [3.63, 3.8) is 0 Å². The highest BCUT2D eigenvalue weighted by molar-refractivity contribution is 5.97. The van der Waals surface area contributed by atoms with Gasteiger partial charge in [0, 0.05) is 22.8 Å². The van der Waals surface area contributed by atoms with Crippen molar-refractivity contribution in [1.82, 2.24) is 0 Å². The molecule has 2 aliphatic heterocycles. The molecule has 0 fully saturated rings. The van der Waals surface area contributed by atoms with Gasteiger partial charge in [0.05, 0.1) is 16.8 Å². The molecule has 8 nitrogen and oxygen atoms in total. The van der Waals surface area contributed by atoms with Crippen molar-refractivity contribution in [3.05, 3.63) is 119 Å². The van der Waals surface area contributed by atoms with Crippen LogP contribution >= 0.6 is 0 Å². The number of para-hydroxylation sites is 1. The molecule has 0 amide bonds. The summed E-state index contributed by atoms with van der Waals surface area (Å²) < 4.78 is 17.9. The van der Waals surface area contributed by atoms with Crippen LogP contribution in [0.25, 0.3) is 0 Å². The fourth-order valence-corrected chi connectivity index (χ4v) is 4.66. The number of esters is 2. The highest BCUT2D eigenvalue weighted by atomic mass is 16.6. The first kappa shape index (κ1) is 21.4. The van der Waals surface area contributed by atoms with E-state index in [1.165, 1.54) is 0 Å². The second-order valence-electron chi connectivity index (χ2n) is 8.35. The molecule has 0 aliphatic carbocycles. The van der Waals surface area contributed by atoms with E-state index in [0.717, 1.165) is 11.1 Å². The maximum atomic E-state index is 12.9. The average molecular weight is 477 g/mol. The number of nitrogens with zero attached hydrogens (tertiary/aromatic N) is 1. The van der Waals surface area contributed by atoms with Crippen LogP contribution in [-0.4, -0.2) is 17.9 Å². The molecule has 0 radical (unpaired) electrons. The van der Waals surface area contributed by atoms with Gasteiger partial charge in [0.15, 0.2) is 11.6 Å². The number of rotatable bonds is 3. The maximum absolute atomic E-state index is 12.9. The van der Waals surface area contributed by atoms with Crippen molar-refractivity contribution in [3.8, 4) is 17.2 Å². The van der Waals surface area contributed by atoms with Crippen LogP contribution in [0.1, 0.15) is 37.4 Å². The standard InChI is InChI=1S/C28H19N3O5/c29-27(30)31-17-11-9-16(10-12-17)25(32)34-18-13-14-22-24(15-18)35-23-8-4-3-7-21(23)28(22)20-6-2-1-5-19(20)26(33)36-28/h1-15H,(H4,29,30,31). The van der Waals surface area contributed by atoms with Gasteiger partial charge in [0.1, 0.15) is 17.2 Å². The van der Waals surface area contributed by atoms with E-state index in [1.54, 1.807) is 54.6 Å². The van der Waals surface area contributed by atoms with Gasteiger partial charge in [-0.15, -0.1) is 0 Å². The molecule has 2 aliphatic rings. The SMILES string of the molecule is NC(N)=Nc1ccc(C(=O)Oc2ccc3c(c2)Oc2ccccc2C32OC(=O)c3ccccc32)cc1. The number of ether oxygens (including phenoxy) is 3. The smallest absolute Gasteiger partial charge is 0.343 e. The van der Waals surface area contributed by atoms with E-state index >= 15 is 0 Å². The van der Waals surface area contributed by atoms with Gasteiger partial charge in [-0.05, 0) is 48.5 Å². The van der Waals surface area contributed by atoms with E-state index in [4.69, 9.17) is 25.7 Å². The Kier molecular flexibility index (Phi) is 4.75. The lowest BCUT2D eigenvalue weighted by molar-refractivity contribution is 0.0224. The molecule has 1 unspecified atom stereocenters. The quantitative estimate of drug-likeness (QED) is 0.194. The van der Waals surface area contributed by atoms with Crippen LogP contribution in [0.3, 0.4) is 0 Å². The van der Waals surface area contributed by atoms with Crippen LogP contribution in [0.15, 0.2) is 96.0 Å². The molecule has 8 heteroatoms. The molecule has 6 rings (SSSR count). The van der Waals surface area contributed by atoms with Crippen LogP contribution in [0.5, 0.6) is 17.2 Å². The molecular formula is C28H19N3O5. The van der Waals surface area contributed by atoms with Crippen LogP contribution < -0.4 is 20.9 Å². The summed E-state index contributed by atoms with van der Waals surface area (Å²) in [6, 6.07) is 26.1. The van der Waals surface area contributed by atoms with Gasteiger partial charge in [0.25, 0.3) is 0 Å². The summed E-state index contributed by atoms with van der Waals surface area (Å²) in [5, 5.41) is 0. The van der Waals surface area contributed by atoms with Gasteiger partial charge >= 0.3 is 11.9 Å². The summed E-state index contributed by atoms with van der Waals surface area (Å²) in [6.45, 7) is 0. The molecule has 4 aromatic carbocycles. The Bertz CT molecular complexity index is 1570. The predicted molar refractivity (Wildman–Crippen MR) is 132 cm³/mol. The number of hydrogen-bond donors (Lipinski definition) is 2. The monoisotopic (exact) mass is 477 g/mol. The Balaban J connectivity index is 1.38. The van der Waals surface area contributed by atoms with Crippen LogP contribution in [0, 0.1) is 0 Å². The zero-order chi connectivity index (χ0) is 24.9. The lowest BCUT2D eigenvalue weighted by atomic mass is 9.78. The van der Waals surface area contributed by atoms with Crippen molar-refractivity contribution in [2.24, 2.45) is 16.5 Å². The summed E-state index contributed by atoms with van der Waals surface area (Å²) in [5.74, 6) is 0.205. The van der Waals surface area contributed by atoms with Gasteiger partial charge < -0.3 is 25.7 Å². The van der Waals surface area contributed by atoms with E-state index in [-0.39, 0.29) is 11.7 Å². The number of nitrogens with two attached hydrogens (primary N) is 2. The Morgan fingerprint density at radius 2 is 1.50 bits per heavy atom. The van der Waals surface area contributed by atoms with Crippen LogP contribution in [0.2, 0.25) is 0 Å². The molecule has 2 heterocycles. The van der Waals surface area contributed by atoms with E-state index in [9.17, 15) is 9.59 Å². The summed E-state index contributed by atoms with van der Waals surface area (Å²) in [4.78, 5) is 29.5. The van der Waals surface area contributed by atoms with Crippen molar-refractivity contribution in [1.29, 1.82) is 0 Å². The van der Waals surface area contributed by atoms with Crippen molar-refractivity contribution >= 4 is 23.6 Å².